The number of rotatable bonds is 9. The molecule has 0 aliphatic carbocycles. The predicted octanol–water partition coefficient (Wildman–Crippen LogP) is 4.03. The van der Waals surface area contributed by atoms with Crippen LogP contribution in [0.2, 0.25) is 5.02 Å². The SMILES string of the molecule is O=C(CN(CCc1ccccc1)S(=O)(=O)c1ccc(Cl)cc1)NCc1ccc(F)cc1. The standard InChI is InChI=1S/C23H22ClFN2O3S/c24-20-8-12-22(13-9-20)31(29,30)27(15-14-18-4-2-1-3-5-18)17-23(28)26-16-19-6-10-21(25)11-7-19/h1-13H,14-17H2,(H,26,28). The second-order valence-corrected chi connectivity index (χ2v) is 9.31. The van der Waals surface area contributed by atoms with E-state index in [1.807, 2.05) is 30.3 Å². The van der Waals surface area contributed by atoms with Gasteiger partial charge in [0.1, 0.15) is 5.82 Å². The Morgan fingerprint density at radius 2 is 1.55 bits per heavy atom. The minimum Gasteiger partial charge on any atom is -0.351 e. The lowest BCUT2D eigenvalue weighted by atomic mass is 10.1. The van der Waals surface area contributed by atoms with Crippen molar-refractivity contribution >= 4 is 27.5 Å². The third kappa shape index (κ3) is 6.62. The first-order chi connectivity index (χ1) is 14.8. The normalized spacial score (nSPS) is 11.5. The number of carbonyl (C=O) groups excluding carboxylic acids is 1. The van der Waals surface area contributed by atoms with Crippen LogP contribution in [0.5, 0.6) is 0 Å². The van der Waals surface area contributed by atoms with Gasteiger partial charge in [0.2, 0.25) is 15.9 Å². The van der Waals surface area contributed by atoms with Crippen molar-refractivity contribution in [2.45, 2.75) is 17.9 Å². The Kier molecular flexibility index (Phi) is 7.79. The number of amides is 1. The van der Waals surface area contributed by atoms with E-state index < -0.39 is 15.9 Å². The lowest BCUT2D eigenvalue weighted by Crippen LogP contribution is -2.41. The van der Waals surface area contributed by atoms with Gasteiger partial charge in [0, 0.05) is 18.1 Å². The van der Waals surface area contributed by atoms with Crippen LogP contribution in [0.15, 0.2) is 83.8 Å². The van der Waals surface area contributed by atoms with Gasteiger partial charge in [-0.25, -0.2) is 12.8 Å². The lowest BCUT2D eigenvalue weighted by molar-refractivity contribution is -0.121. The fraction of sp³-hybridized carbons (Fsp3) is 0.174. The molecular formula is C23H22ClFN2O3S. The summed E-state index contributed by atoms with van der Waals surface area (Å²) in [5, 5.41) is 3.11. The highest BCUT2D eigenvalue weighted by Crippen LogP contribution is 2.19. The summed E-state index contributed by atoms with van der Waals surface area (Å²) in [5.41, 5.74) is 1.68. The lowest BCUT2D eigenvalue weighted by Gasteiger charge is -2.22. The maximum absolute atomic E-state index is 13.2. The van der Waals surface area contributed by atoms with E-state index in [1.54, 1.807) is 12.1 Å². The van der Waals surface area contributed by atoms with Crippen LogP contribution >= 0.6 is 11.6 Å². The first kappa shape index (κ1) is 22.9. The Hall–Kier alpha value is -2.74. The first-order valence-electron chi connectivity index (χ1n) is 9.65. The molecule has 3 aromatic rings. The van der Waals surface area contributed by atoms with Crippen LogP contribution in [0.4, 0.5) is 4.39 Å². The number of nitrogens with one attached hydrogen (secondary N) is 1. The largest absolute Gasteiger partial charge is 0.351 e. The van der Waals surface area contributed by atoms with Gasteiger partial charge in [-0.3, -0.25) is 4.79 Å². The van der Waals surface area contributed by atoms with Crippen LogP contribution < -0.4 is 5.32 Å². The molecular weight excluding hydrogens is 439 g/mol. The quantitative estimate of drug-likeness (QED) is 0.524. The summed E-state index contributed by atoms with van der Waals surface area (Å²) >= 11 is 5.88. The molecule has 162 valence electrons. The Labute approximate surface area is 186 Å². The van der Waals surface area contributed by atoms with Gasteiger partial charge in [-0.2, -0.15) is 4.31 Å². The smallest absolute Gasteiger partial charge is 0.243 e. The van der Waals surface area contributed by atoms with Crippen LogP contribution in [-0.4, -0.2) is 31.7 Å². The first-order valence-corrected chi connectivity index (χ1v) is 11.5. The van der Waals surface area contributed by atoms with Crippen LogP contribution in [0.25, 0.3) is 0 Å². The molecule has 31 heavy (non-hydrogen) atoms. The maximum Gasteiger partial charge on any atom is 0.243 e. The van der Waals surface area contributed by atoms with Crippen LogP contribution in [0, 0.1) is 5.82 Å². The summed E-state index contributed by atoms with van der Waals surface area (Å²) in [4.78, 5) is 12.6. The summed E-state index contributed by atoms with van der Waals surface area (Å²) < 4.78 is 40.5. The average molecular weight is 461 g/mol. The number of nitrogens with zero attached hydrogens (tertiary/aromatic N) is 1. The van der Waals surface area contributed by atoms with Gasteiger partial charge >= 0.3 is 0 Å². The minimum absolute atomic E-state index is 0.0660. The zero-order valence-corrected chi connectivity index (χ0v) is 18.2. The topological polar surface area (TPSA) is 66.5 Å². The van der Waals surface area contributed by atoms with Crippen LogP contribution in [0.3, 0.4) is 0 Å². The van der Waals surface area contributed by atoms with Gasteiger partial charge in [-0.1, -0.05) is 54.1 Å². The van der Waals surface area contributed by atoms with Crippen LogP contribution in [-0.2, 0) is 27.8 Å². The van der Waals surface area contributed by atoms with Crippen LogP contribution in [0.1, 0.15) is 11.1 Å². The highest BCUT2D eigenvalue weighted by atomic mass is 35.5. The van der Waals surface area contributed by atoms with Crippen molar-refractivity contribution in [1.82, 2.24) is 9.62 Å². The number of carbonyl (C=O) groups is 1. The molecule has 0 radical (unpaired) electrons. The maximum atomic E-state index is 13.2. The number of sulfonamides is 1. The van der Waals surface area contributed by atoms with E-state index in [0.29, 0.717) is 17.0 Å². The van der Waals surface area contributed by atoms with E-state index in [2.05, 4.69) is 5.32 Å². The van der Waals surface area contributed by atoms with E-state index in [1.165, 1.54) is 36.4 Å². The van der Waals surface area contributed by atoms with E-state index in [0.717, 1.165) is 9.87 Å². The van der Waals surface area contributed by atoms with E-state index in [9.17, 15) is 17.6 Å². The number of hydrogen-bond acceptors (Lipinski definition) is 3. The molecule has 0 fully saturated rings. The molecule has 0 saturated carbocycles. The van der Waals surface area contributed by atoms with Crippen molar-refractivity contribution in [2.75, 3.05) is 13.1 Å². The highest BCUT2D eigenvalue weighted by Gasteiger charge is 2.26. The average Bonchev–Trinajstić information content (AvgIpc) is 2.77. The predicted molar refractivity (Wildman–Crippen MR) is 119 cm³/mol. The van der Waals surface area contributed by atoms with Gasteiger partial charge in [-0.15, -0.1) is 0 Å². The van der Waals surface area contributed by atoms with Gasteiger partial charge in [0.15, 0.2) is 0 Å². The molecule has 0 atom stereocenters. The van der Waals surface area contributed by atoms with Gasteiger partial charge in [0.05, 0.1) is 11.4 Å². The molecule has 0 saturated heterocycles. The van der Waals surface area contributed by atoms with E-state index >= 15 is 0 Å². The molecule has 0 aliphatic heterocycles. The van der Waals surface area contributed by atoms with Crippen molar-refractivity contribution in [1.29, 1.82) is 0 Å². The van der Waals surface area contributed by atoms with E-state index in [4.69, 9.17) is 11.6 Å². The molecule has 1 N–H and O–H groups in total. The summed E-state index contributed by atoms with van der Waals surface area (Å²) in [6.45, 7) is -0.0233. The fourth-order valence-corrected chi connectivity index (χ4v) is 4.48. The molecule has 0 aromatic heterocycles. The molecule has 0 spiro atoms. The molecule has 3 rings (SSSR count). The third-order valence-electron chi connectivity index (χ3n) is 4.67. The monoisotopic (exact) mass is 460 g/mol. The summed E-state index contributed by atoms with van der Waals surface area (Å²) in [6.07, 6.45) is 0.457. The Balaban J connectivity index is 1.73. The summed E-state index contributed by atoms with van der Waals surface area (Å²) in [7, 11) is -3.91. The molecule has 0 bridgehead atoms. The number of hydrogen-bond donors (Lipinski definition) is 1. The highest BCUT2D eigenvalue weighted by molar-refractivity contribution is 7.89. The second-order valence-electron chi connectivity index (χ2n) is 6.93. The van der Waals surface area contributed by atoms with Crippen molar-refractivity contribution in [3.63, 3.8) is 0 Å². The molecule has 0 aliphatic rings. The molecule has 8 heteroatoms. The van der Waals surface area contributed by atoms with Crippen molar-refractivity contribution in [3.05, 3.63) is 101 Å². The summed E-state index contributed by atoms with van der Waals surface area (Å²) in [5.74, 6) is -0.814. The Bertz CT molecular complexity index is 1110. The molecule has 0 unspecified atom stereocenters. The van der Waals surface area contributed by atoms with Gasteiger partial charge < -0.3 is 5.32 Å². The zero-order valence-electron chi connectivity index (χ0n) is 16.7. The van der Waals surface area contributed by atoms with Crippen molar-refractivity contribution in [2.24, 2.45) is 0 Å². The summed E-state index contributed by atoms with van der Waals surface area (Å²) in [6, 6.07) is 21.0. The fourth-order valence-electron chi connectivity index (χ4n) is 2.96. The van der Waals surface area contributed by atoms with E-state index in [-0.39, 0.29) is 30.3 Å². The minimum atomic E-state index is -3.91. The number of benzene rings is 3. The molecule has 3 aromatic carbocycles. The Morgan fingerprint density at radius 1 is 0.903 bits per heavy atom. The molecule has 1 amide bonds. The number of halogens is 2. The second kappa shape index (κ2) is 10.5. The van der Waals surface area contributed by atoms with Crippen molar-refractivity contribution in [3.8, 4) is 0 Å². The zero-order chi connectivity index (χ0) is 22.3. The van der Waals surface area contributed by atoms with Gasteiger partial charge in [0.25, 0.3) is 0 Å². The third-order valence-corrected chi connectivity index (χ3v) is 6.78. The molecule has 0 heterocycles. The molecule has 5 nitrogen and oxygen atoms in total. The van der Waals surface area contributed by atoms with Crippen molar-refractivity contribution < 1.29 is 17.6 Å². The van der Waals surface area contributed by atoms with Gasteiger partial charge in [-0.05, 0) is 53.9 Å². The Morgan fingerprint density at radius 3 is 2.19 bits per heavy atom.